The van der Waals surface area contributed by atoms with E-state index in [1.54, 1.807) is 0 Å². The summed E-state index contributed by atoms with van der Waals surface area (Å²) in [5.41, 5.74) is 0. The lowest BCUT2D eigenvalue weighted by Crippen LogP contribution is -2.44. The van der Waals surface area contributed by atoms with E-state index >= 15 is 0 Å². The first-order valence-corrected chi connectivity index (χ1v) is 4.10. The summed E-state index contributed by atoms with van der Waals surface area (Å²) in [6.45, 7) is 3.44. The van der Waals surface area contributed by atoms with Crippen LogP contribution in [0.25, 0.3) is 0 Å². The third-order valence-electron chi connectivity index (χ3n) is 2.33. The van der Waals surface area contributed by atoms with E-state index in [4.69, 9.17) is 0 Å². The Morgan fingerprint density at radius 1 is 1.40 bits per heavy atom. The van der Waals surface area contributed by atoms with Crippen molar-refractivity contribution in [3.05, 3.63) is 0 Å². The maximum atomic E-state index is 3.44. The molecule has 0 bridgehead atoms. The van der Waals surface area contributed by atoms with Crippen LogP contribution < -0.4 is 5.32 Å². The molecule has 0 aromatic carbocycles. The second kappa shape index (κ2) is 3.35. The molecule has 1 fully saturated rings. The van der Waals surface area contributed by atoms with Gasteiger partial charge in [0, 0.05) is 12.1 Å². The highest BCUT2D eigenvalue weighted by atomic mass is 15.1. The summed E-state index contributed by atoms with van der Waals surface area (Å²) >= 11 is 0. The number of nitrogens with zero attached hydrogens (tertiary/aromatic N) is 1. The van der Waals surface area contributed by atoms with Gasteiger partial charge in [0.25, 0.3) is 0 Å². The second-order valence-corrected chi connectivity index (χ2v) is 3.50. The summed E-state index contributed by atoms with van der Waals surface area (Å²) in [4.78, 5) is 2.33. The van der Waals surface area contributed by atoms with Crippen LogP contribution in [0.4, 0.5) is 0 Å². The Kier molecular flexibility index (Phi) is 2.69. The number of hydrogen-bond acceptors (Lipinski definition) is 2. The standard InChI is InChI=1S/C8H18N2/c1-7-6-8(10(2)3)4-5-9-7/h7-9H,4-6H2,1-3H3/t7-,8+/m1/s1. The van der Waals surface area contributed by atoms with Crippen LogP contribution in [0.2, 0.25) is 0 Å². The van der Waals surface area contributed by atoms with Gasteiger partial charge in [-0.15, -0.1) is 0 Å². The van der Waals surface area contributed by atoms with Gasteiger partial charge in [0.1, 0.15) is 0 Å². The first-order chi connectivity index (χ1) is 4.70. The van der Waals surface area contributed by atoms with Crippen LogP contribution >= 0.6 is 0 Å². The van der Waals surface area contributed by atoms with Gasteiger partial charge < -0.3 is 10.2 Å². The lowest BCUT2D eigenvalue weighted by molar-refractivity contribution is 0.212. The van der Waals surface area contributed by atoms with E-state index in [1.807, 2.05) is 0 Å². The fraction of sp³-hybridized carbons (Fsp3) is 1.00. The quantitative estimate of drug-likeness (QED) is 0.579. The van der Waals surface area contributed by atoms with Gasteiger partial charge in [-0.2, -0.15) is 0 Å². The molecular formula is C8H18N2. The molecule has 1 rings (SSSR count). The van der Waals surface area contributed by atoms with Crippen LogP contribution in [0.1, 0.15) is 19.8 Å². The monoisotopic (exact) mass is 142 g/mol. The van der Waals surface area contributed by atoms with E-state index in [2.05, 4.69) is 31.2 Å². The minimum Gasteiger partial charge on any atom is -0.314 e. The van der Waals surface area contributed by atoms with E-state index in [0.29, 0.717) is 6.04 Å². The summed E-state index contributed by atoms with van der Waals surface area (Å²) in [6, 6.07) is 1.51. The van der Waals surface area contributed by atoms with Crippen LogP contribution in [-0.4, -0.2) is 37.6 Å². The molecule has 1 N–H and O–H groups in total. The van der Waals surface area contributed by atoms with Gasteiger partial charge in [-0.1, -0.05) is 0 Å². The van der Waals surface area contributed by atoms with Crippen molar-refractivity contribution in [2.45, 2.75) is 31.8 Å². The number of hydrogen-bond donors (Lipinski definition) is 1. The highest BCUT2D eigenvalue weighted by molar-refractivity contribution is 4.79. The van der Waals surface area contributed by atoms with Crippen LogP contribution in [0.15, 0.2) is 0 Å². The predicted octanol–water partition coefficient (Wildman–Crippen LogP) is 0.688. The van der Waals surface area contributed by atoms with Crippen molar-refractivity contribution in [3.63, 3.8) is 0 Å². The van der Waals surface area contributed by atoms with E-state index in [9.17, 15) is 0 Å². The molecule has 0 spiro atoms. The van der Waals surface area contributed by atoms with Gasteiger partial charge >= 0.3 is 0 Å². The largest absolute Gasteiger partial charge is 0.314 e. The van der Waals surface area contributed by atoms with Crippen molar-refractivity contribution in [2.24, 2.45) is 0 Å². The fourth-order valence-corrected chi connectivity index (χ4v) is 1.57. The fourth-order valence-electron chi connectivity index (χ4n) is 1.57. The highest BCUT2D eigenvalue weighted by Gasteiger charge is 2.18. The molecular weight excluding hydrogens is 124 g/mol. The number of piperidine rings is 1. The third-order valence-corrected chi connectivity index (χ3v) is 2.33. The minimum absolute atomic E-state index is 0.709. The SMILES string of the molecule is C[C@@H]1C[C@@H](N(C)C)CCN1. The van der Waals surface area contributed by atoms with Crippen LogP contribution in [0, 0.1) is 0 Å². The molecule has 10 heavy (non-hydrogen) atoms. The molecule has 0 unspecified atom stereocenters. The molecule has 2 heteroatoms. The predicted molar refractivity (Wildman–Crippen MR) is 44.2 cm³/mol. The van der Waals surface area contributed by atoms with Crippen molar-refractivity contribution in [3.8, 4) is 0 Å². The molecule has 1 aliphatic rings. The van der Waals surface area contributed by atoms with E-state index < -0.39 is 0 Å². The molecule has 0 saturated carbocycles. The van der Waals surface area contributed by atoms with Crippen molar-refractivity contribution in [1.82, 2.24) is 10.2 Å². The Morgan fingerprint density at radius 3 is 2.50 bits per heavy atom. The molecule has 2 nitrogen and oxygen atoms in total. The molecule has 1 heterocycles. The number of nitrogens with one attached hydrogen (secondary N) is 1. The second-order valence-electron chi connectivity index (χ2n) is 3.50. The molecule has 2 atom stereocenters. The first-order valence-electron chi connectivity index (χ1n) is 4.10. The molecule has 60 valence electrons. The number of rotatable bonds is 1. The van der Waals surface area contributed by atoms with E-state index in [0.717, 1.165) is 6.04 Å². The van der Waals surface area contributed by atoms with Gasteiger partial charge in [0.05, 0.1) is 0 Å². The first kappa shape index (κ1) is 8.02. The third kappa shape index (κ3) is 1.96. The Bertz CT molecular complexity index is 101. The summed E-state index contributed by atoms with van der Waals surface area (Å²) in [7, 11) is 4.34. The molecule has 0 aromatic rings. The Labute approximate surface area is 63.6 Å². The summed E-state index contributed by atoms with van der Waals surface area (Å²) < 4.78 is 0. The zero-order valence-electron chi connectivity index (χ0n) is 7.22. The average Bonchev–Trinajstić information content (AvgIpc) is 1.88. The van der Waals surface area contributed by atoms with Crippen LogP contribution in [-0.2, 0) is 0 Å². The topological polar surface area (TPSA) is 15.3 Å². The van der Waals surface area contributed by atoms with E-state index in [1.165, 1.54) is 19.4 Å². The van der Waals surface area contributed by atoms with Gasteiger partial charge in [-0.25, -0.2) is 0 Å². The lowest BCUT2D eigenvalue weighted by atomic mass is 10.00. The van der Waals surface area contributed by atoms with Crippen molar-refractivity contribution in [2.75, 3.05) is 20.6 Å². The molecule has 0 aromatic heterocycles. The van der Waals surface area contributed by atoms with Crippen LogP contribution in [0.5, 0.6) is 0 Å². The minimum atomic E-state index is 0.709. The highest BCUT2D eigenvalue weighted by Crippen LogP contribution is 2.11. The molecule has 0 radical (unpaired) electrons. The van der Waals surface area contributed by atoms with Gasteiger partial charge in [0.2, 0.25) is 0 Å². The summed E-state index contributed by atoms with van der Waals surface area (Å²) in [5, 5.41) is 3.44. The smallest absolute Gasteiger partial charge is 0.0116 e. The van der Waals surface area contributed by atoms with Gasteiger partial charge in [-0.05, 0) is 40.4 Å². The maximum Gasteiger partial charge on any atom is 0.0116 e. The Balaban J connectivity index is 2.32. The molecule has 1 aliphatic heterocycles. The zero-order valence-corrected chi connectivity index (χ0v) is 7.22. The maximum absolute atomic E-state index is 3.44. The lowest BCUT2D eigenvalue weighted by Gasteiger charge is -2.32. The molecule has 0 amide bonds. The Morgan fingerprint density at radius 2 is 2.10 bits per heavy atom. The van der Waals surface area contributed by atoms with Crippen LogP contribution in [0.3, 0.4) is 0 Å². The summed E-state index contributed by atoms with van der Waals surface area (Å²) in [5.74, 6) is 0. The molecule has 1 saturated heterocycles. The van der Waals surface area contributed by atoms with Gasteiger partial charge in [0.15, 0.2) is 0 Å². The molecule has 0 aliphatic carbocycles. The summed E-state index contributed by atoms with van der Waals surface area (Å²) in [6.07, 6.45) is 2.60. The van der Waals surface area contributed by atoms with Gasteiger partial charge in [-0.3, -0.25) is 0 Å². The van der Waals surface area contributed by atoms with Crippen molar-refractivity contribution < 1.29 is 0 Å². The van der Waals surface area contributed by atoms with Crippen molar-refractivity contribution in [1.29, 1.82) is 0 Å². The Hall–Kier alpha value is -0.0800. The van der Waals surface area contributed by atoms with E-state index in [-0.39, 0.29) is 0 Å². The average molecular weight is 142 g/mol. The van der Waals surface area contributed by atoms with Crippen molar-refractivity contribution >= 4 is 0 Å². The normalized spacial score (nSPS) is 34.8. The zero-order chi connectivity index (χ0) is 7.56.